The highest BCUT2D eigenvalue weighted by Crippen LogP contribution is 2.20. The highest BCUT2D eigenvalue weighted by atomic mass is 16.1. The molecular formula is C26H36N5O+. The summed E-state index contributed by atoms with van der Waals surface area (Å²) in [5.41, 5.74) is 5.55. The van der Waals surface area contributed by atoms with Crippen molar-refractivity contribution in [2.24, 2.45) is 7.05 Å². The van der Waals surface area contributed by atoms with Crippen LogP contribution in [0.5, 0.6) is 0 Å². The summed E-state index contributed by atoms with van der Waals surface area (Å²) in [4.78, 5) is 21.1. The molecule has 2 heterocycles. The Balaban J connectivity index is 1.33. The number of unbranched alkanes of at least 4 members (excludes halogenated alkanes) is 1. The molecule has 1 amide bonds. The van der Waals surface area contributed by atoms with Gasteiger partial charge in [-0.3, -0.25) is 4.79 Å². The Kier molecular flexibility index (Phi) is 7.10. The molecule has 2 aromatic carbocycles. The second kappa shape index (κ2) is 10.2. The molecule has 2 N–H and O–H groups in total. The molecule has 3 aromatic rings. The standard InChI is InChI=1S/C26H35N5O/c1-4-5-6-26(32)27-21-9-12-24-23(19-21)28-25(29(24)3)13-14-30-15-17-31(18-16-30)22-10-7-20(2)8-11-22/h7-12,19H,4-6,13-18H2,1-3H3,(H,27,32)/p+1. The Morgan fingerprint density at radius 3 is 2.59 bits per heavy atom. The number of aryl methyl sites for hydroxylation is 2. The second-order valence-electron chi connectivity index (χ2n) is 9.01. The number of anilines is 2. The van der Waals surface area contributed by atoms with E-state index in [0.29, 0.717) is 6.42 Å². The van der Waals surface area contributed by atoms with Crippen molar-refractivity contribution in [3.63, 3.8) is 0 Å². The number of nitrogens with one attached hydrogen (secondary N) is 2. The molecule has 1 saturated heterocycles. The van der Waals surface area contributed by atoms with E-state index in [1.807, 2.05) is 12.1 Å². The number of benzene rings is 2. The van der Waals surface area contributed by atoms with E-state index < -0.39 is 0 Å². The van der Waals surface area contributed by atoms with Crippen LogP contribution in [0.4, 0.5) is 11.4 Å². The predicted molar refractivity (Wildman–Crippen MR) is 132 cm³/mol. The number of nitrogens with zero attached hydrogens (tertiary/aromatic N) is 3. The molecule has 0 aliphatic carbocycles. The maximum Gasteiger partial charge on any atom is 0.224 e. The van der Waals surface area contributed by atoms with E-state index in [-0.39, 0.29) is 5.91 Å². The van der Waals surface area contributed by atoms with Crippen molar-refractivity contribution in [3.05, 3.63) is 53.9 Å². The summed E-state index contributed by atoms with van der Waals surface area (Å²) in [7, 11) is 2.09. The molecule has 0 radical (unpaired) electrons. The summed E-state index contributed by atoms with van der Waals surface area (Å²) in [6.45, 7) is 9.85. The van der Waals surface area contributed by atoms with Crippen molar-refractivity contribution >= 4 is 28.3 Å². The summed E-state index contributed by atoms with van der Waals surface area (Å²) < 4.78 is 2.19. The number of hydrogen-bond acceptors (Lipinski definition) is 3. The molecule has 0 spiro atoms. The minimum atomic E-state index is 0.0794. The Hall–Kier alpha value is -2.86. The lowest BCUT2D eigenvalue weighted by atomic mass is 10.2. The maximum atomic E-state index is 12.0. The molecule has 0 unspecified atom stereocenters. The average molecular weight is 435 g/mol. The van der Waals surface area contributed by atoms with Gasteiger partial charge in [-0.15, -0.1) is 0 Å². The van der Waals surface area contributed by atoms with Gasteiger partial charge >= 0.3 is 0 Å². The monoisotopic (exact) mass is 434 g/mol. The molecule has 1 fully saturated rings. The Morgan fingerprint density at radius 2 is 1.88 bits per heavy atom. The molecule has 6 nitrogen and oxygen atoms in total. The Bertz CT molecular complexity index is 1050. The number of piperazine rings is 1. The van der Waals surface area contributed by atoms with Crippen LogP contribution in [0.15, 0.2) is 42.5 Å². The van der Waals surface area contributed by atoms with Gasteiger partial charge in [-0.25, -0.2) is 4.98 Å². The number of fused-ring (bicyclic) bond motifs is 1. The van der Waals surface area contributed by atoms with Crippen molar-refractivity contribution in [1.29, 1.82) is 0 Å². The highest BCUT2D eigenvalue weighted by molar-refractivity contribution is 5.93. The van der Waals surface area contributed by atoms with Gasteiger partial charge in [0.1, 0.15) is 5.82 Å². The van der Waals surface area contributed by atoms with Gasteiger partial charge in [0.05, 0.1) is 50.2 Å². The fourth-order valence-corrected chi connectivity index (χ4v) is 4.49. The minimum absolute atomic E-state index is 0.0794. The van der Waals surface area contributed by atoms with Gasteiger partial charge in [0.15, 0.2) is 0 Å². The molecule has 0 saturated carbocycles. The minimum Gasteiger partial charge on any atom is -0.360 e. The molecule has 170 valence electrons. The number of imidazole rings is 1. The van der Waals surface area contributed by atoms with Gasteiger partial charge < -0.3 is 19.7 Å². The molecule has 0 bridgehead atoms. The van der Waals surface area contributed by atoms with Crippen molar-refractivity contribution in [2.45, 2.75) is 39.5 Å². The summed E-state index contributed by atoms with van der Waals surface area (Å²) in [6.07, 6.45) is 3.48. The van der Waals surface area contributed by atoms with E-state index in [2.05, 4.69) is 66.0 Å². The SMILES string of the molecule is CCCCC(=O)Nc1ccc2c(c1)nc(CC[NH+]1CCN(c3ccc(C)cc3)CC1)n2C. The van der Waals surface area contributed by atoms with Crippen LogP contribution in [0.25, 0.3) is 11.0 Å². The number of aromatic nitrogens is 2. The van der Waals surface area contributed by atoms with Gasteiger partial charge in [-0.1, -0.05) is 31.0 Å². The van der Waals surface area contributed by atoms with E-state index >= 15 is 0 Å². The van der Waals surface area contributed by atoms with E-state index in [9.17, 15) is 4.79 Å². The summed E-state index contributed by atoms with van der Waals surface area (Å²) in [6, 6.07) is 14.9. The summed E-state index contributed by atoms with van der Waals surface area (Å²) in [5.74, 6) is 1.19. The first kappa shape index (κ1) is 22.3. The zero-order valence-corrected chi connectivity index (χ0v) is 19.7. The molecule has 4 rings (SSSR count). The predicted octanol–water partition coefficient (Wildman–Crippen LogP) is 2.96. The number of quaternary nitrogens is 1. The number of hydrogen-bond donors (Lipinski definition) is 2. The zero-order valence-electron chi connectivity index (χ0n) is 19.7. The van der Waals surface area contributed by atoms with E-state index in [0.717, 1.165) is 74.5 Å². The normalized spacial score (nSPS) is 14.8. The van der Waals surface area contributed by atoms with Gasteiger partial charge in [-0.2, -0.15) is 0 Å². The van der Waals surface area contributed by atoms with Crippen LogP contribution >= 0.6 is 0 Å². The lowest BCUT2D eigenvalue weighted by Gasteiger charge is -2.33. The first-order chi connectivity index (χ1) is 15.5. The van der Waals surface area contributed by atoms with Gasteiger partial charge in [-0.05, 0) is 43.7 Å². The first-order valence-corrected chi connectivity index (χ1v) is 11.9. The average Bonchev–Trinajstić information content (AvgIpc) is 3.12. The molecular weight excluding hydrogens is 398 g/mol. The number of carbonyl (C=O) groups is 1. The van der Waals surface area contributed by atoms with Crippen LogP contribution in [0.2, 0.25) is 0 Å². The summed E-state index contributed by atoms with van der Waals surface area (Å²) in [5, 5.41) is 3.00. The first-order valence-electron chi connectivity index (χ1n) is 11.9. The maximum absolute atomic E-state index is 12.0. The smallest absolute Gasteiger partial charge is 0.224 e. The quantitative estimate of drug-likeness (QED) is 0.573. The lowest BCUT2D eigenvalue weighted by molar-refractivity contribution is -0.900. The second-order valence-corrected chi connectivity index (χ2v) is 9.01. The molecule has 0 atom stereocenters. The van der Waals surface area contributed by atoms with E-state index in [4.69, 9.17) is 4.98 Å². The third kappa shape index (κ3) is 5.30. The zero-order chi connectivity index (χ0) is 22.5. The van der Waals surface area contributed by atoms with Crippen LogP contribution < -0.4 is 15.1 Å². The van der Waals surface area contributed by atoms with Crippen molar-refractivity contribution < 1.29 is 9.69 Å². The lowest BCUT2D eigenvalue weighted by Crippen LogP contribution is -3.15. The highest BCUT2D eigenvalue weighted by Gasteiger charge is 2.21. The largest absolute Gasteiger partial charge is 0.360 e. The van der Waals surface area contributed by atoms with Crippen LogP contribution in [-0.2, 0) is 18.3 Å². The number of amides is 1. The van der Waals surface area contributed by atoms with Crippen LogP contribution in [-0.4, -0.2) is 48.2 Å². The van der Waals surface area contributed by atoms with Crippen LogP contribution in [0.1, 0.15) is 37.6 Å². The molecule has 32 heavy (non-hydrogen) atoms. The van der Waals surface area contributed by atoms with Crippen molar-refractivity contribution in [1.82, 2.24) is 9.55 Å². The van der Waals surface area contributed by atoms with Gasteiger partial charge in [0.25, 0.3) is 0 Å². The van der Waals surface area contributed by atoms with Gasteiger partial charge in [0, 0.05) is 24.8 Å². The van der Waals surface area contributed by atoms with E-state index in [1.165, 1.54) is 11.3 Å². The fraction of sp³-hybridized carbons (Fsp3) is 0.462. The van der Waals surface area contributed by atoms with Crippen LogP contribution in [0.3, 0.4) is 0 Å². The van der Waals surface area contributed by atoms with Gasteiger partial charge in [0.2, 0.25) is 5.91 Å². The van der Waals surface area contributed by atoms with E-state index in [1.54, 1.807) is 4.90 Å². The topological polar surface area (TPSA) is 54.6 Å². The Labute approximate surface area is 191 Å². The van der Waals surface area contributed by atoms with Crippen molar-refractivity contribution in [2.75, 3.05) is 42.9 Å². The summed E-state index contributed by atoms with van der Waals surface area (Å²) >= 11 is 0. The number of rotatable bonds is 8. The molecule has 1 aliphatic heterocycles. The third-order valence-electron chi connectivity index (χ3n) is 6.59. The molecule has 6 heteroatoms. The number of carbonyl (C=O) groups excluding carboxylic acids is 1. The van der Waals surface area contributed by atoms with Crippen molar-refractivity contribution in [3.8, 4) is 0 Å². The Morgan fingerprint density at radius 1 is 1.12 bits per heavy atom. The van der Waals surface area contributed by atoms with Crippen LogP contribution in [0, 0.1) is 6.92 Å². The fourth-order valence-electron chi connectivity index (χ4n) is 4.49. The molecule has 1 aliphatic rings. The molecule has 1 aromatic heterocycles. The third-order valence-corrected chi connectivity index (χ3v) is 6.59.